The quantitative estimate of drug-likeness (QED) is 0.583. The second-order valence-corrected chi connectivity index (χ2v) is 2.95. The highest BCUT2D eigenvalue weighted by Gasteiger charge is 2.33. The molecule has 78 valence electrons. The smallest absolute Gasteiger partial charge is 0.323 e. The fourth-order valence-electron chi connectivity index (χ4n) is 0.966. The Morgan fingerprint density at radius 2 is 2.08 bits per heavy atom. The lowest BCUT2D eigenvalue weighted by Crippen LogP contribution is -2.46. The number of aliphatic carboxylic acids is 1. The van der Waals surface area contributed by atoms with Crippen molar-refractivity contribution in [3.05, 3.63) is 0 Å². The Labute approximate surface area is 74.6 Å². The molecule has 0 saturated heterocycles. The highest BCUT2D eigenvalue weighted by Crippen LogP contribution is 2.20. The van der Waals surface area contributed by atoms with E-state index in [-0.39, 0.29) is 0 Å². The highest BCUT2D eigenvalue weighted by molar-refractivity contribution is 5.74. The van der Waals surface area contributed by atoms with E-state index in [2.05, 4.69) is 5.32 Å². The number of nitrogens with one attached hydrogen (secondary N) is 1. The van der Waals surface area contributed by atoms with Crippen LogP contribution in [0.5, 0.6) is 0 Å². The second kappa shape index (κ2) is 4.48. The van der Waals surface area contributed by atoms with Crippen molar-refractivity contribution >= 4 is 5.97 Å². The molecule has 0 aliphatic rings. The number of aliphatic hydroxyl groups excluding tert-OH is 1. The third-order valence-corrected chi connectivity index (χ3v) is 1.53. The molecule has 0 aliphatic heterocycles. The van der Waals surface area contributed by atoms with Crippen molar-refractivity contribution in [3.63, 3.8) is 0 Å². The Balaban J connectivity index is 4.22. The monoisotopic (exact) mass is 197 g/mol. The molecule has 0 aliphatic carbocycles. The normalized spacial score (nSPS) is 16.7. The zero-order chi connectivity index (χ0) is 10.6. The van der Waals surface area contributed by atoms with E-state index in [4.69, 9.17) is 10.2 Å². The third-order valence-electron chi connectivity index (χ3n) is 1.53. The first-order chi connectivity index (χ1) is 5.78. The van der Waals surface area contributed by atoms with Crippen molar-refractivity contribution in [1.29, 1.82) is 0 Å². The van der Waals surface area contributed by atoms with E-state index >= 15 is 0 Å². The maximum absolute atomic E-state index is 12.4. The molecule has 3 N–H and O–H groups in total. The summed E-state index contributed by atoms with van der Waals surface area (Å²) in [7, 11) is 1.29. The molecule has 0 spiro atoms. The van der Waals surface area contributed by atoms with Crippen molar-refractivity contribution in [2.75, 3.05) is 7.05 Å². The Kier molecular flexibility index (Phi) is 4.22. The van der Waals surface area contributed by atoms with Gasteiger partial charge in [-0.3, -0.25) is 4.79 Å². The first-order valence-electron chi connectivity index (χ1n) is 3.74. The Morgan fingerprint density at radius 3 is 2.31 bits per heavy atom. The summed E-state index contributed by atoms with van der Waals surface area (Å²) in [6.07, 6.45) is -2.47. The van der Waals surface area contributed by atoms with E-state index in [1.165, 1.54) is 7.05 Å². The summed E-state index contributed by atoms with van der Waals surface area (Å²) in [4.78, 5) is 10.4. The number of rotatable bonds is 5. The van der Waals surface area contributed by atoms with Crippen molar-refractivity contribution in [2.45, 2.75) is 31.4 Å². The first-order valence-corrected chi connectivity index (χ1v) is 3.74. The molecule has 13 heavy (non-hydrogen) atoms. The molecule has 0 saturated carbocycles. The van der Waals surface area contributed by atoms with Gasteiger partial charge in [-0.1, -0.05) is 0 Å². The van der Waals surface area contributed by atoms with Crippen LogP contribution in [-0.4, -0.2) is 41.3 Å². The Morgan fingerprint density at radius 1 is 1.62 bits per heavy atom. The summed E-state index contributed by atoms with van der Waals surface area (Å²) in [6.45, 7) is 0.630. The van der Waals surface area contributed by atoms with Gasteiger partial charge in [0.05, 0.1) is 6.10 Å². The SMILES string of the molecule is CNC(C(=O)O)C(O)CC(C)(F)F. The fourth-order valence-corrected chi connectivity index (χ4v) is 0.966. The van der Waals surface area contributed by atoms with Crippen LogP contribution in [0.25, 0.3) is 0 Å². The number of carbonyl (C=O) groups is 1. The Hall–Kier alpha value is -0.750. The minimum Gasteiger partial charge on any atom is -0.480 e. The number of hydrogen-bond donors (Lipinski definition) is 3. The topological polar surface area (TPSA) is 69.6 Å². The van der Waals surface area contributed by atoms with E-state index in [1.807, 2.05) is 0 Å². The van der Waals surface area contributed by atoms with Crippen LogP contribution in [0, 0.1) is 0 Å². The molecule has 0 radical (unpaired) electrons. The number of likely N-dealkylation sites (N-methyl/N-ethyl adjacent to an activating group) is 1. The van der Waals surface area contributed by atoms with Gasteiger partial charge in [-0.2, -0.15) is 0 Å². The van der Waals surface area contributed by atoms with E-state index < -0.39 is 30.5 Å². The van der Waals surface area contributed by atoms with Crippen LogP contribution in [-0.2, 0) is 4.79 Å². The summed E-state index contributed by atoms with van der Waals surface area (Å²) < 4.78 is 24.7. The van der Waals surface area contributed by atoms with Gasteiger partial charge in [0.1, 0.15) is 6.04 Å². The number of carboxylic acids is 1. The molecule has 0 aromatic rings. The van der Waals surface area contributed by atoms with Crippen molar-refractivity contribution in [3.8, 4) is 0 Å². The molecule has 6 heteroatoms. The number of hydrogen-bond acceptors (Lipinski definition) is 3. The van der Waals surface area contributed by atoms with Gasteiger partial charge in [-0.15, -0.1) is 0 Å². The van der Waals surface area contributed by atoms with Crippen LogP contribution in [0.2, 0.25) is 0 Å². The summed E-state index contributed by atoms with van der Waals surface area (Å²) in [5.74, 6) is -4.41. The van der Waals surface area contributed by atoms with Crippen LogP contribution < -0.4 is 5.32 Å². The fraction of sp³-hybridized carbons (Fsp3) is 0.857. The van der Waals surface area contributed by atoms with Gasteiger partial charge in [0.15, 0.2) is 0 Å². The molecule has 2 unspecified atom stereocenters. The first kappa shape index (κ1) is 12.2. The van der Waals surface area contributed by atoms with Gasteiger partial charge in [0, 0.05) is 6.42 Å². The van der Waals surface area contributed by atoms with Crippen LogP contribution in [0.15, 0.2) is 0 Å². The summed E-state index contributed by atoms with van der Waals surface area (Å²) in [6, 6.07) is -1.36. The summed E-state index contributed by atoms with van der Waals surface area (Å²) in [5.41, 5.74) is 0. The van der Waals surface area contributed by atoms with E-state index in [0.29, 0.717) is 6.92 Å². The molecule has 0 rings (SSSR count). The lowest BCUT2D eigenvalue weighted by molar-refractivity contribution is -0.143. The predicted octanol–water partition coefficient (Wildman–Crippen LogP) is 0.0652. The van der Waals surface area contributed by atoms with Gasteiger partial charge in [0.25, 0.3) is 0 Å². The molecule has 4 nitrogen and oxygen atoms in total. The van der Waals surface area contributed by atoms with Gasteiger partial charge < -0.3 is 15.5 Å². The zero-order valence-corrected chi connectivity index (χ0v) is 7.42. The van der Waals surface area contributed by atoms with Crippen LogP contribution in [0.3, 0.4) is 0 Å². The van der Waals surface area contributed by atoms with Crippen molar-refractivity contribution in [2.24, 2.45) is 0 Å². The molecule has 0 fully saturated rings. The van der Waals surface area contributed by atoms with Gasteiger partial charge in [-0.05, 0) is 14.0 Å². The predicted molar refractivity (Wildman–Crippen MR) is 41.7 cm³/mol. The van der Waals surface area contributed by atoms with Crippen molar-refractivity contribution < 1.29 is 23.8 Å². The molecule has 0 amide bonds. The standard InChI is InChI=1S/C7H13F2NO3/c1-7(8,9)3-4(11)5(10-2)6(12)13/h4-5,10-11H,3H2,1-2H3,(H,12,13). The molecular formula is C7H13F2NO3. The second-order valence-electron chi connectivity index (χ2n) is 2.95. The average molecular weight is 197 g/mol. The minimum atomic E-state index is -3.07. The highest BCUT2D eigenvalue weighted by atomic mass is 19.3. The van der Waals surface area contributed by atoms with Gasteiger partial charge in [0.2, 0.25) is 5.92 Å². The van der Waals surface area contributed by atoms with E-state index in [9.17, 15) is 13.6 Å². The lowest BCUT2D eigenvalue weighted by Gasteiger charge is -2.21. The molecule has 0 aromatic carbocycles. The molecule has 0 bridgehead atoms. The molecule has 0 aromatic heterocycles. The Bertz CT molecular complexity index is 181. The van der Waals surface area contributed by atoms with Gasteiger partial charge >= 0.3 is 5.97 Å². The largest absolute Gasteiger partial charge is 0.480 e. The van der Waals surface area contributed by atoms with Gasteiger partial charge in [-0.25, -0.2) is 8.78 Å². The van der Waals surface area contributed by atoms with Crippen LogP contribution >= 0.6 is 0 Å². The molecule has 2 atom stereocenters. The number of alkyl halides is 2. The zero-order valence-electron chi connectivity index (χ0n) is 7.42. The minimum absolute atomic E-state index is 0.630. The number of carboxylic acid groups (broad SMARTS) is 1. The molecular weight excluding hydrogens is 184 g/mol. The summed E-state index contributed by atoms with van der Waals surface area (Å²) in [5, 5.41) is 19.8. The maximum atomic E-state index is 12.4. The summed E-state index contributed by atoms with van der Waals surface area (Å²) >= 11 is 0. The van der Waals surface area contributed by atoms with E-state index in [0.717, 1.165) is 0 Å². The lowest BCUT2D eigenvalue weighted by atomic mass is 10.1. The van der Waals surface area contributed by atoms with Crippen LogP contribution in [0.1, 0.15) is 13.3 Å². The number of halogens is 2. The van der Waals surface area contributed by atoms with Crippen LogP contribution in [0.4, 0.5) is 8.78 Å². The maximum Gasteiger partial charge on any atom is 0.323 e. The van der Waals surface area contributed by atoms with E-state index in [1.54, 1.807) is 0 Å². The molecule has 0 heterocycles. The number of aliphatic hydroxyl groups is 1. The van der Waals surface area contributed by atoms with Crippen molar-refractivity contribution in [1.82, 2.24) is 5.32 Å². The average Bonchev–Trinajstić information content (AvgIpc) is 1.82. The third kappa shape index (κ3) is 4.74.